The van der Waals surface area contributed by atoms with Crippen LogP contribution in [0.25, 0.3) is 0 Å². The number of aryl methyl sites for hydroxylation is 1. The standard InChI is InChI=1S/C15H18N2O2S/c1-12-9-13(11-20-12)10-16-4-6-17(7-5-16)15(18)14-3-2-8-19-14/h2-3,8-9,11H,4-7,10H2,1H3. The smallest absolute Gasteiger partial charge is 0.289 e. The highest BCUT2D eigenvalue weighted by Crippen LogP contribution is 2.16. The summed E-state index contributed by atoms with van der Waals surface area (Å²) in [5.41, 5.74) is 1.37. The molecule has 0 radical (unpaired) electrons. The average Bonchev–Trinajstić information content (AvgIpc) is 3.11. The second-order valence-corrected chi connectivity index (χ2v) is 6.23. The van der Waals surface area contributed by atoms with E-state index in [0.717, 1.165) is 32.7 Å². The Morgan fingerprint density at radius 2 is 2.15 bits per heavy atom. The second-order valence-electron chi connectivity index (χ2n) is 5.11. The average molecular weight is 290 g/mol. The Morgan fingerprint density at radius 3 is 2.75 bits per heavy atom. The van der Waals surface area contributed by atoms with Crippen LogP contribution in [-0.4, -0.2) is 41.9 Å². The number of nitrogens with zero attached hydrogens (tertiary/aromatic N) is 2. The van der Waals surface area contributed by atoms with E-state index in [0.29, 0.717) is 5.76 Å². The maximum atomic E-state index is 12.1. The molecule has 0 spiro atoms. The number of thiophene rings is 1. The van der Waals surface area contributed by atoms with Crippen LogP contribution in [0.2, 0.25) is 0 Å². The van der Waals surface area contributed by atoms with Crippen LogP contribution in [0.15, 0.2) is 34.3 Å². The van der Waals surface area contributed by atoms with Crippen molar-refractivity contribution < 1.29 is 9.21 Å². The molecule has 5 heteroatoms. The molecule has 1 aliphatic rings. The first kappa shape index (κ1) is 13.4. The van der Waals surface area contributed by atoms with Crippen molar-refractivity contribution in [3.05, 3.63) is 46.0 Å². The minimum absolute atomic E-state index is 0.000952. The van der Waals surface area contributed by atoms with Gasteiger partial charge in [0, 0.05) is 37.6 Å². The first-order chi connectivity index (χ1) is 9.72. The van der Waals surface area contributed by atoms with Crippen molar-refractivity contribution in [3.63, 3.8) is 0 Å². The van der Waals surface area contributed by atoms with Gasteiger partial charge in [0.05, 0.1) is 6.26 Å². The molecule has 0 N–H and O–H groups in total. The molecule has 2 aromatic heterocycles. The number of carbonyl (C=O) groups is 1. The predicted octanol–water partition coefficient (Wildman–Crippen LogP) is 2.61. The molecule has 0 aliphatic carbocycles. The number of hydrogen-bond donors (Lipinski definition) is 0. The van der Waals surface area contributed by atoms with Gasteiger partial charge in [-0.1, -0.05) is 0 Å². The van der Waals surface area contributed by atoms with E-state index in [1.807, 2.05) is 4.90 Å². The molecule has 20 heavy (non-hydrogen) atoms. The maximum absolute atomic E-state index is 12.1. The van der Waals surface area contributed by atoms with E-state index in [2.05, 4.69) is 23.3 Å². The van der Waals surface area contributed by atoms with Gasteiger partial charge in [-0.3, -0.25) is 9.69 Å². The fourth-order valence-corrected chi connectivity index (χ4v) is 3.20. The van der Waals surface area contributed by atoms with Crippen molar-refractivity contribution >= 4 is 17.2 Å². The Bertz CT molecular complexity index is 568. The van der Waals surface area contributed by atoms with Crippen LogP contribution in [0.5, 0.6) is 0 Å². The van der Waals surface area contributed by atoms with E-state index in [9.17, 15) is 4.79 Å². The van der Waals surface area contributed by atoms with E-state index in [4.69, 9.17) is 4.42 Å². The summed E-state index contributed by atoms with van der Waals surface area (Å²) in [7, 11) is 0. The van der Waals surface area contributed by atoms with Crippen LogP contribution >= 0.6 is 11.3 Å². The molecule has 1 saturated heterocycles. The third-order valence-corrected chi connectivity index (χ3v) is 4.49. The summed E-state index contributed by atoms with van der Waals surface area (Å²) < 4.78 is 5.17. The van der Waals surface area contributed by atoms with Gasteiger partial charge in [-0.05, 0) is 36.1 Å². The third-order valence-electron chi connectivity index (χ3n) is 3.58. The first-order valence-electron chi connectivity index (χ1n) is 6.81. The van der Waals surface area contributed by atoms with E-state index in [1.165, 1.54) is 10.4 Å². The van der Waals surface area contributed by atoms with Crippen molar-refractivity contribution in [3.8, 4) is 0 Å². The van der Waals surface area contributed by atoms with Crippen LogP contribution in [0.1, 0.15) is 21.0 Å². The van der Waals surface area contributed by atoms with Crippen molar-refractivity contribution in [2.24, 2.45) is 0 Å². The van der Waals surface area contributed by atoms with Gasteiger partial charge in [-0.25, -0.2) is 0 Å². The quantitative estimate of drug-likeness (QED) is 0.872. The van der Waals surface area contributed by atoms with Gasteiger partial charge in [0.15, 0.2) is 5.76 Å². The maximum Gasteiger partial charge on any atom is 0.289 e. The molecule has 0 bridgehead atoms. The Hall–Kier alpha value is -1.59. The summed E-state index contributed by atoms with van der Waals surface area (Å²) in [6, 6.07) is 5.72. The van der Waals surface area contributed by atoms with Crippen molar-refractivity contribution in [1.82, 2.24) is 9.80 Å². The van der Waals surface area contributed by atoms with Crippen LogP contribution in [0.4, 0.5) is 0 Å². The molecule has 1 aliphatic heterocycles. The molecule has 106 valence electrons. The molecular weight excluding hydrogens is 272 g/mol. The van der Waals surface area contributed by atoms with Gasteiger partial charge in [0.2, 0.25) is 0 Å². The lowest BCUT2D eigenvalue weighted by Crippen LogP contribution is -2.48. The molecule has 0 saturated carbocycles. The molecule has 0 unspecified atom stereocenters. The minimum atomic E-state index is 0.000952. The van der Waals surface area contributed by atoms with Gasteiger partial charge >= 0.3 is 0 Å². The Balaban J connectivity index is 1.53. The summed E-state index contributed by atoms with van der Waals surface area (Å²) in [5, 5.41) is 2.22. The SMILES string of the molecule is Cc1cc(CN2CCN(C(=O)c3ccco3)CC2)cs1. The number of hydrogen-bond acceptors (Lipinski definition) is 4. The Labute approximate surface area is 122 Å². The summed E-state index contributed by atoms with van der Waals surface area (Å²) in [4.78, 5) is 17.8. The van der Waals surface area contributed by atoms with E-state index < -0.39 is 0 Å². The largest absolute Gasteiger partial charge is 0.459 e. The van der Waals surface area contributed by atoms with Crippen LogP contribution in [-0.2, 0) is 6.54 Å². The highest BCUT2D eigenvalue weighted by Gasteiger charge is 2.23. The number of piperazine rings is 1. The third kappa shape index (κ3) is 2.94. The Kier molecular flexibility index (Phi) is 3.89. The van der Waals surface area contributed by atoms with Crippen LogP contribution in [0, 0.1) is 6.92 Å². The van der Waals surface area contributed by atoms with Gasteiger partial charge in [0.25, 0.3) is 5.91 Å². The number of rotatable bonds is 3. The zero-order valence-electron chi connectivity index (χ0n) is 11.5. The fourth-order valence-electron chi connectivity index (χ4n) is 2.50. The lowest BCUT2D eigenvalue weighted by atomic mass is 10.2. The molecule has 3 heterocycles. The highest BCUT2D eigenvalue weighted by molar-refractivity contribution is 7.10. The minimum Gasteiger partial charge on any atom is -0.459 e. The molecule has 1 fully saturated rings. The predicted molar refractivity (Wildman–Crippen MR) is 78.9 cm³/mol. The molecule has 3 rings (SSSR count). The van der Waals surface area contributed by atoms with Gasteiger partial charge < -0.3 is 9.32 Å². The van der Waals surface area contributed by atoms with Gasteiger partial charge in [-0.15, -0.1) is 11.3 Å². The lowest BCUT2D eigenvalue weighted by Gasteiger charge is -2.34. The first-order valence-corrected chi connectivity index (χ1v) is 7.69. The second kappa shape index (κ2) is 5.81. The molecule has 4 nitrogen and oxygen atoms in total. The number of carbonyl (C=O) groups excluding carboxylic acids is 1. The summed E-state index contributed by atoms with van der Waals surface area (Å²) >= 11 is 1.79. The van der Waals surface area contributed by atoms with E-state index >= 15 is 0 Å². The lowest BCUT2D eigenvalue weighted by molar-refractivity contribution is 0.0598. The van der Waals surface area contributed by atoms with Gasteiger partial charge in [-0.2, -0.15) is 0 Å². The van der Waals surface area contributed by atoms with Gasteiger partial charge in [0.1, 0.15) is 0 Å². The molecule has 0 aromatic carbocycles. The summed E-state index contributed by atoms with van der Waals surface area (Å²) in [6.07, 6.45) is 1.54. The fraction of sp³-hybridized carbons (Fsp3) is 0.400. The molecule has 0 atom stereocenters. The molecular formula is C15H18N2O2S. The van der Waals surface area contributed by atoms with E-state index in [1.54, 1.807) is 29.7 Å². The van der Waals surface area contributed by atoms with Crippen molar-refractivity contribution in [2.75, 3.05) is 26.2 Å². The van der Waals surface area contributed by atoms with Crippen molar-refractivity contribution in [2.45, 2.75) is 13.5 Å². The summed E-state index contributed by atoms with van der Waals surface area (Å²) in [6.45, 7) is 6.48. The van der Waals surface area contributed by atoms with Crippen LogP contribution in [0.3, 0.4) is 0 Å². The van der Waals surface area contributed by atoms with Crippen molar-refractivity contribution in [1.29, 1.82) is 0 Å². The Morgan fingerprint density at radius 1 is 1.35 bits per heavy atom. The topological polar surface area (TPSA) is 36.7 Å². The number of furan rings is 1. The monoisotopic (exact) mass is 290 g/mol. The zero-order valence-corrected chi connectivity index (χ0v) is 12.4. The normalized spacial score (nSPS) is 16.6. The zero-order chi connectivity index (χ0) is 13.9. The molecule has 1 amide bonds. The number of amides is 1. The van der Waals surface area contributed by atoms with E-state index in [-0.39, 0.29) is 5.91 Å². The van der Waals surface area contributed by atoms with Crippen LogP contribution < -0.4 is 0 Å². The summed E-state index contributed by atoms with van der Waals surface area (Å²) in [5.74, 6) is 0.438. The highest BCUT2D eigenvalue weighted by atomic mass is 32.1. The molecule has 2 aromatic rings.